The van der Waals surface area contributed by atoms with Crippen molar-refractivity contribution in [2.24, 2.45) is 0 Å². The second-order valence-corrected chi connectivity index (χ2v) is 4.08. The standard InChI is InChI=1S/C13H16FN3/c1-10-3-4-12(14)13(9-10)16-6-8-17-7-5-15-11(17)2/h3-5,7,9,16H,6,8H2,1-2H3. The molecule has 0 spiro atoms. The van der Waals surface area contributed by atoms with Gasteiger partial charge >= 0.3 is 0 Å². The van der Waals surface area contributed by atoms with Gasteiger partial charge in [-0.15, -0.1) is 0 Å². The molecule has 1 aromatic heterocycles. The third kappa shape index (κ3) is 2.84. The van der Waals surface area contributed by atoms with Gasteiger partial charge in [0.05, 0.1) is 5.69 Å². The minimum absolute atomic E-state index is 0.210. The Bertz CT molecular complexity index is 505. The molecule has 90 valence electrons. The highest BCUT2D eigenvalue weighted by molar-refractivity contribution is 5.46. The van der Waals surface area contributed by atoms with Crippen molar-refractivity contribution >= 4 is 5.69 Å². The van der Waals surface area contributed by atoms with Crippen LogP contribution in [0, 0.1) is 19.7 Å². The highest BCUT2D eigenvalue weighted by Crippen LogP contribution is 2.15. The largest absolute Gasteiger partial charge is 0.381 e. The van der Waals surface area contributed by atoms with Gasteiger partial charge in [-0.1, -0.05) is 6.07 Å². The van der Waals surface area contributed by atoms with Crippen LogP contribution in [0.5, 0.6) is 0 Å². The lowest BCUT2D eigenvalue weighted by molar-refractivity contribution is 0.626. The normalized spacial score (nSPS) is 10.5. The van der Waals surface area contributed by atoms with Crippen molar-refractivity contribution in [2.75, 3.05) is 11.9 Å². The van der Waals surface area contributed by atoms with E-state index in [1.165, 1.54) is 6.07 Å². The predicted molar refractivity (Wildman–Crippen MR) is 66.6 cm³/mol. The molecule has 1 heterocycles. The van der Waals surface area contributed by atoms with Gasteiger partial charge < -0.3 is 9.88 Å². The van der Waals surface area contributed by atoms with Crippen molar-refractivity contribution < 1.29 is 4.39 Å². The van der Waals surface area contributed by atoms with Crippen LogP contribution in [-0.4, -0.2) is 16.1 Å². The van der Waals surface area contributed by atoms with Crippen LogP contribution in [0.2, 0.25) is 0 Å². The molecule has 0 radical (unpaired) electrons. The van der Waals surface area contributed by atoms with E-state index in [1.54, 1.807) is 12.3 Å². The van der Waals surface area contributed by atoms with Crippen LogP contribution in [0.4, 0.5) is 10.1 Å². The molecule has 0 unspecified atom stereocenters. The van der Waals surface area contributed by atoms with Crippen molar-refractivity contribution in [3.05, 3.63) is 47.8 Å². The van der Waals surface area contributed by atoms with Crippen molar-refractivity contribution in [1.29, 1.82) is 0 Å². The summed E-state index contributed by atoms with van der Waals surface area (Å²) >= 11 is 0. The van der Waals surface area contributed by atoms with Crippen LogP contribution < -0.4 is 5.32 Å². The summed E-state index contributed by atoms with van der Waals surface area (Å²) < 4.78 is 15.5. The van der Waals surface area contributed by atoms with Crippen molar-refractivity contribution in [3.63, 3.8) is 0 Å². The molecular formula is C13H16FN3. The number of aryl methyl sites for hydroxylation is 2. The Morgan fingerprint density at radius 3 is 2.88 bits per heavy atom. The molecule has 17 heavy (non-hydrogen) atoms. The molecular weight excluding hydrogens is 217 g/mol. The van der Waals surface area contributed by atoms with E-state index < -0.39 is 0 Å². The molecule has 3 nitrogen and oxygen atoms in total. The second kappa shape index (κ2) is 4.99. The van der Waals surface area contributed by atoms with Gasteiger partial charge in [0, 0.05) is 25.5 Å². The highest BCUT2D eigenvalue weighted by atomic mass is 19.1. The van der Waals surface area contributed by atoms with E-state index in [2.05, 4.69) is 10.3 Å². The predicted octanol–water partition coefficient (Wildman–Crippen LogP) is 2.75. The van der Waals surface area contributed by atoms with Crippen molar-refractivity contribution in [1.82, 2.24) is 9.55 Å². The fourth-order valence-corrected chi connectivity index (χ4v) is 1.73. The first-order valence-electron chi connectivity index (χ1n) is 5.64. The molecule has 0 bridgehead atoms. The number of nitrogens with one attached hydrogen (secondary N) is 1. The van der Waals surface area contributed by atoms with E-state index in [-0.39, 0.29) is 5.82 Å². The summed E-state index contributed by atoms with van der Waals surface area (Å²) in [4.78, 5) is 4.14. The van der Waals surface area contributed by atoms with Crippen LogP contribution in [0.25, 0.3) is 0 Å². The Labute approximate surface area is 100 Å². The van der Waals surface area contributed by atoms with Gasteiger partial charge in [0.2, 0.25) is 0 Å². The Kier molecular flexibility index (Phi) is 3.42. The molecule has 0 saturated carbocycles. The van der Waals surface area contributed by atoms with Crippen LogP contribution >= 0.6 is 0 Å². The summed E-state index contributed by atoms with van der Waals surface area (Å²) in [6.07, 6.45) is 3.69. The Balaban J connectivity index is 1.94. The first-order chi connectivity index (χ1) is 8.16. The summed E-state index contributed by atoms with van der Waals surface area (Å²) in [6, 6.07) is 5.07. The SMILES string of the molecule is Cc1ccc(F)c(NCCn2ccnc2C)c1. The maximum atomic E-state index is 13.4. The van der Waals surface area contributed by atoms with Crippen molar-refractivity contribution in [3.8, 4) is 0 Å². The number of aromatic nitrogens is 2. The number of benzene rings is 1. The second-order valence-electron chi connectivity index (χ2n) is 4.08. The summed E-state index contributed by atoms with van der Waals surface area (Å²) in [5, 5.41) is 3.10. The molecule has 0 atom stereocenters. The number of anilines is 1. The van der Waals surface area contributed by atoms with Gasteiger partial charge in [-0.3, -0.25) is 0 Å². The lowest BCUT2D eigenvalue weighted by atomic mass is 10.2. The highest BCUT2D eigenvalue weighted by Gasteiger charge is 2.01. The van der Waals surface area contributed by atoms with Gasteiger partial charge in [-0.05, 0) is 31.5 Å². The molecule has 0 aliphatic rings. The number of imidazole rings is 1. The monoisotopic (exact) mass is 233 g/mol. The van der Waals surface area contributed by atoms with E-state index in [9.17, 15) is 4.39 Å². The van der Waals surface area contributed by atoms with Gasteiger partial charge in [-0.25, -0.2) is 9.37 Å². The van der Waals surface area contributed by atoms with Crippen LogP contribution in [-0.2, 0) is 6.54 Å². The van der Waals surface area contributed by atoms with Gasteiger partial charge in [0.15, 0.2) is 0 Å². The summed E-state index contributed by atoms with van der Waals surface area (Å²) in [7, 11) is 0. The minimum atomic E-state index is -0.210. The Morgan fingerprint density at radius 2 is 2.18 bits per heavy atom. The number of nitrogens with zero attached hydrogens (tertiary/aromatic N) is 2. The average molecular weight is 233 g/mol. The molecule has 2 aromatic rings. The molecule has 1 aromatic carbocycles. The molecule has 0 aliphatic carbocycles. The fourth-order valence-electron chi connectivity index (χ4n) is 1.73. The molecule has 2 rings (SSSR count). The molecule has 4 heteroatoms. The first-order valence-corrected chi connectivity index (χ1v) is 5.64. The zero-order valence-electron chi connectivity index (χ0n) is 10.1. The van der Waals surface area contributed by atoms with E-state index in [0.29, 0.717) is 12.2 Å². The van der Waals surface area contributed by atoms with E-state index in [1.807, 2.05) is 30.7 Å². The molecule has 0 amide bonds. The van der Waals surface area contributed by atoms with Crippen LogP contribution in [0.15, 0.2) is 30.6 Å². The summed E-state index contributed by atoms with van der Waals surface area (Å²) in [5.74, 6) is 0.759. The Morgan fingerprint density at radius 1 is 1.35 bits per heavy atom. The maximum Gasteiger partial charge on any atom is 0.146 e. The summed E-state index contributed by atoms with van der Waals surface area (Å²) in [6.45, 7) is 5.36. The lowest BCUT2D eigenvalue weighted by Crippen LogP contribution is -2.11. The third-order valence-corrected chi connectivity index (χ3v) is 2.71. The van der Waals surface area contributed by atoms with Gasteiger partial charge in [-0.2, -0.15) is 0 Å². The smallest absolute Gasteiger partial charge is 0.146 e. The average Bonchev–Trinajstić information content (AvgIpc) is 2.70. The molecule has 0 aliphatic heterocycles. The van der Waals surface area contributed by atoms with Crippen LogP contribution in [0.3, 0.4) is 0 Å². The molecule has 0 saturated heterocycles. The van der Waals surface area contributed by atoms with Crippen LogP contribution in [0.1, 0.15) is 11.4 Å². The number of halogens is 1. The van der Waals surface area contributed by atoms with Crippen molar-refractivity contribution in [2.45, 2.75) is 20.4 Å². The topological polar surface area (TPSA) is 29.9 Å². The summed E-state index contributed by atoms with van der Waals surface area (Å²) in [5.41, 5.74) is 1.61. The zero-order chi connectivity index (χ0) is 12.3. The molecule has 1 N–H and O–H groups in total. The minimum Gasteiger partial charge on any atom is -0.381 e. The number of rotatable bonds is 4. The van der Waals surface area contributed by atoms with Gasteiger partial charge in [0.25, 0.3) is 0 Å². The lowest BCUT2D eigenvalue weighted by Gasteiger charge is -2.09. The van der Waals surface area contributed by atoms with E-state index in [4.69, 9.17) is 0 Å². The number of hydrogen-bond donors (Lipinski definition) is 1. The zero-order valence-corrected chi connectivity index (χ0v) is 10.1. The fraction of sp³-hybridized carbons (Fsp3) is 0.308. The van der Waals surface area contributed by atoms with Gasteiger partial charge in [0.1, 0.15) is 11.6 Å². The molecule has 0 fully saturated rings. The maximum absolute atomic E-state index is 13.4. The van der Waals surface area contributed by atoms with E-state index in [0.717, 1.165) is 17.9 Å². The quantitative estimate of drug-likeness (QED) is 0.880. The van der Waals surface area contributed by atoms with E-state index >= 15 is 0 Å². The first kappa shape index (κ1) is 11.6. The number of hydrogen-bond acceptors (Lipinski definition) is 2. The third-order valence-electron chi connectivity index (χ3n) is 2.71. The Hall–Kier alpha value is -1.84.